The van der Waals surface area contributed by atoms with Crippen molar-refractivity contribution in [3.8, 4) is 11.3 Å². The van der Waals surface area contributed by atoms with Gasteiger partial charge in [-0.15, -0.1) is 0 Å². The lowest BCUT2D eigenvalue weighted by Gasteiger charge is -2.47. The van der Waals surface area contributed by atoms with Crippen LogP contribution in [-0.4, -0.2) is 190 Å². The number of aromatic nitrogens is 1. The molecule has 612 valence electrons. The summed E-state index contributed by atoms with van der Waals surface area (Å²) in [5.41, 5.74) is 6.55. The van der Waals surface area contributed by atoms with Gasteiger partial charge >= 0.3 is 12.1 Å². The number of piperidine rings is 1. The van der Waals surface area contributed by atoms with E-state index in [1.165, 1.54) is 27.4 Å². The third-order valence-electron chi connectivity index (χ3n) is 22.6. The minimum absolute atomic E-state index is 0.00205. The number of carbonyl (C=O) groups is 8. The number of carbonyl (C=O) groups excluding carboxylic acids is 8. The molecule has 18 atom stereocenters. The fourth-order valence-corrected chi connectivity index (χ4v) is 15.9. The number of fused-ring (bicyclic) bond motifs is 3. The zero-order chi connectivity index (χ0) is 81.8. The van der Waals surface area contributed by atoms with E-state index in [9.17, 15) is 49.2 Å². The van der Waals surface area contributed by atoms with Crippen LogP contribution in [0.4, 0.5) is 4.79 Å². The average Bonchev–Trinajstić information content (AvgIpc) is 0.767. The van der Waals surface area contributed by atoms with Crippen molar-refractivity contribution in [3.05, 3.63) is 161 Å². The quantitative estimate of drug-likeness (QED) is 0.0107. The van der Waals surface area contributed by atoms with Crippen LogP contribution in [0.3, 0.4) is 0 Å². The summed E-state index contributed by atoms with van der Waals surface area (Å²) >= 11 is 0. The molecular weight excluding hydrogens is 1430 g/mol. The minimum Gasteiger partial charge on any atom is -0.456 e. The van der Waals surface area contributed by atoms with E-state index < -0.39 is 155 Å². The van der Waals surface area contributed by atoms with Crippen molar-refractivity contribution in [2.75, 3.05) is 34.4 Å². The van der Waals surface area contributed by atoms with Crippen molar-refractivity contribution in [1.82, 2.24) is 31.0 Å². The molecule has 4 heterocycles. The number of hydrogen-bond acceptors (Lipinski definition) is 20. The van der Waals surface area contributed by atoms with Gasteiger partial charge in [0, 0.05) is 89.2 Å². The van der Waals surface area contributed by atoms with E-state index in [1.54, 1.807) is 58.8 Å². The maximum Gasteiger partial charge on any atom is 0.408 e. The highest BCUT2D eigenvalue weighted by atomic mass is 16.7. The Hall–Kier alpha value is -8.17. The number of aliphatic hydroxyl groups is 4. The number of aliphatic hydroxyl groups excluding tert-OH is 3. The molecule has 3 fully saturated rings. The molecule has 2 saturated heterocycles. The lowest BCUT2D eigenvalue weighted by atomic mass is 9.77. The molecule has 24 heteroatoms. The number of benzene rings is 3. The van der Waals surface area contributed by atoms with Crippen LogP contribution in [0.15, 0.2) is 145 Å². The highest BCUT2D eigenvalue weighted by molar-refractivity contribution is 6.39. The molecule has 3 aliphatic heterocycles. The molecule has 1 saturated carbocycles. The van der Waals surface area contributed by atoms with Crippen molar-refractivity contribution in [3.63, 3.8) is 0 Å². The molecular formula is C88H122N6O18. The molecule has 24 nitrogen and oxygen atoms in total. The number of esters is 1. The third kappa shape index (κ3) is 24.9. The molecule has 1 aliphatic carbocycles. The number of alkyl carbamates (subject to hydrolysis) is 1. The number of nitrogens with one attached hydrogen (secondary N) is 3. The minimum atomic E-state index is -2.63. The SMILES string of the molecule is CO[C@H]1C[C@@H](C)[C@@]2(O)O[C@H]1[C@H](OC)C[C@H](C)C/C(C)=C\[C@H](C/C=C/C(=O)C[C@H](C(=O)N[C@@H](Cc1ccccc1)[C@@H](O)CN(Cc1ccc(-c3ccccn3)cc1)NC(=O)C(NC(=O)OCc1ccccc1)C(C)(C)C)C(C)(C)C)C(=O)C[C@H](O)[C@@H](C)[C@@H](/C(C)=C/[C@@H]1CC[C@@H](O)[C@H](OC)C1)OC(=O)[C@@H]1CCCCN1C(=O)C2=O. The number of pyridine rings is 1. The van der Waals surface area contributed by atoms with E-state index in [0.717, 1.165) is 38.4 Å². The van der Waals surface area contributed by atoms with Gasteiger partial charge in [0.2, 0.25) is 11.7 Å². The average molecular weight is 1550 g/mol. The summed E-state index contributed by atoms with van der Waals surface area (Å²) in [6.45, 7) is 19.6. The van der Waals surface area contributed by atoms with Crippen LogP contribution >= 0.6 is 0 Å². The largest absolute Gasteiger partial charge is 0.456 e. The van der Waals surface area contributed by atoms with Crippen LogP contribution in [0, 0.1) is 46.3 Å². The van der Waals surface area contributed by atoms with Gasteiger partial charge in [0.1, 0.15) is 36.7 Å². The molecule has 7 N–H and O–H groups in total. The molecule has 3 aromatic carbocycles. The van der Waals surface area contributed by atoms with Crippen LogP contribution in [-0.2, 0) is 81.6 Å². The summed E-state index contributed by atoms with van der Waals surface area (Å²) in [7, 11) is 4.51. The third-order valence-corrected chi connectivity index (χ3v) is 22.6. The lowest BCUT2D eigenvalue weighted by molar-refractivity contribution is -0.302. The van der Waals surface area contributed by atoms with Gasteiger partial charge in [0.25, 0.3) is 17.6 Å². The van der Waals surface area contributed by atoms with Gasteiger partial charge in [0.15, 0.2) is 5.78 Å². The molecule has 0 radical (unpaired) electrons. The maximum atomic E-state index is 15.2. The molecule has 112 heavy (non-hydrogen) atoms. The van der Waals surface area contributed by atoms with E-state index in [-0.39, 0.29) is 76.0 Å². The number of methoxy groups -OCH3 is 3. The van der Waals surface area contributed by atoms with Gasteiger partial charge in [-0.25, -0.2) is 14.6 Å². The second kappa shape index (κ2) is 41.2. The number of hydrazine groups is 1. The van der Waals surface area contributed by atoms with Crippen molar-refractivity contribution in [2.45, 2.75) is 246 Å². The zero-order valence-corrected chi connectivity index (χ0v) is 67.9. The van der Waals surface area contributed by atoms with Crippen molar-refractivity contribution in [1.29, 1.82) is 0 Å². The highest BCUT2D eigenvalue weighted by Crippen LogP contribution is 2.40. The maximum absolute atomic E-state index is 15.2. The second-order valence-electron chi connectivity index (χ2n) is 33.6. The number of nitrogens with zero attached hydrogens (tertiary/aromatic N) is 3. The number of Topliss-reactive ketones (excluding diaryl/α,β-unsaturated/α-hetero) is 2. The number of cyclic esters (lactones) is 1. The summed E-state index contributed by atoms with van der Waals surface area (Å²) in [5.74, 6) is -11.8. The Morgan fingerprint density at radius 2 is 1.40 bits per heavy atom. The molecule has 8 rings (SSSR count). The first-order valence-electron chi connectivity index (χ1n) is 39.6. The Kier molecular flexibility index (Phi) is 32.9. The van der Waals surface area contributed by atoms with E-state index in [1.807, 2.05) is 150 Å². The van der Waals surface area contributed by atoms with Crippen LogP contribution in [0.5, 0.6) is 0 Å². The second-order valence-corrected chi connectivity index (χ2v) is 33.6. The Morgan fingerprint density at radius 3 is 2.04 bits per heavy atom. The molecule has 2 bridgehead atoms. The van der Waals surface area contributed by atoms with Gasteiger partial charge in [0.05, 0.1) is 48.4 Å². The first-order valence-corrected chi connectivity index (χ1v) is 39.6. The number of ether oxygens (including phenoxy) is 6. The number of amides is 4. The predicted octanol–water partition coefficient (Wildman–Crippen LogP) is 10.7. The van der Waals surface area contributed by atoms with Gasteiger partial charge in [-0.1, -0.05) is 177 Å². The summed E-state index contributed by atoms with van der Waals surface area (Å²) in [4.78, 5) is 123. The molecule has 1 unspecified atom stereocenters. The summed E-state index contributed by atoms with van der Waals surface area (Å²) in [6.07, 6.45) is 2.88. The standard InChI is InChI=1S/C88H122N6O18/c1-54-42-55(2)44-75(108-13)78-76(109-14)46-57(4)88(106,112-78)80(100)83(103)94-41-24-22-33-69(94)84(104)111-77(56(3)45-62-36-39-70(96)74(48-62)107-12)58(5)71(97)50-72(98)64(43-54)30-25-31-65(95)49-66(86(6,7)8)81(101)90-68(47-59-26-17-15-18-27-59)73(99)52-93(51-60-34-37-63(38-35-60)67-32-21-23-40-89-67)92-82(102)79(87(9,10)11)91-85(105)110-53-61-28-19-16-20-29-61/h15-21,23,25-29,31-32,34-35,37-38,40,43,45,55,57-58,62,64,66,68-71,73-79,96-97,99,106H,22,24,30,33,36,39,41-42,44,46-53H2,1-14H3,(H,90,101)(H,91,105)(H,92,102)/b31-25+,54-43-,56-45+/t55-,57-,58-,62+,64+,66-,68+,69+,70-,71+,73+,74-,75-,76+,77-,78+,79?,88-/m1/s1. The van der Waals surface area contributed by atoms with Crippen LogP contribution in [0.2, 0.25) is 0 Å². The highest BCUT2D eigenvalue weighted by Gasteiger charge is 2.57. The molecule has 1 aromatic heterocycles. The Balaban J connectivity index is 1.06. The topological polar surface area (TPSA) is 328 Å². The number of rotatable bonds is 25. The van der Waals surface area contributed by atoms with Gasteiger partial charge in [-0.05, 0) is 148 Å². The van der Waals surface area contributed by atoms with E-state index in [0.29, 0.717) is 50.5 Å². The van der Waals surface area contributed by atoms with Crippen molar-refractivity contribution >= 4 is 47.1 Å². The summed E-state index contributed by atoms with van der Waals surface area (Å²) < 4.78 is 36.0. The fourth-order valence-electron chi connectivity index (χ4n) is 15.9. The van der Waals surface area contributed by atoms with E-state index in [4.69, 9.17) is 28.4 Å². The van der Waals surface area contributed by atoms with Crippen molar-refractivity contribution in [2.24, 2.45) is 46.3 Å². The van der Waals surface area contributed by atoms with Crippen LogP contribution in [0.25, 0.3) is 11.3 Å². The van der Waals surface area contributed by atoms with Crippen LogP contribution < -0.4 is 16.1 Å². The Labute approximate surface area is 661 Å². The smallest absolute Gasteiger partial charge is 0.408 e. The Morgan fingerprint density at radius 1 is 0.750 bits per heavy atom. The fraction of sp³-hybridized carbons (Fsp3) is 0.580. The van der Waals surface area contributed by atoms with Gasteiger partial charge in [-0.2, -0.15) is 0 Å². The Bertz CT molecular complexity index is 3860. The van der Waals surface area contributed by atoms with Gasteiger partial charge < -0.3 is 64.4 Å². The molecule has 4 aromatic rings. The summed E-state index contributed by atoms with van der Waals surface area (Å²) in [6, 6.07) is 28.3. The normalized spacial score (nSPS) is 28.0. The zero-order valence-electron chi connectivity index (χ0n) is 67.9. The number of ketones is 3. The molecule has 4 amide bonds. The monoisotopic (exact) mass is 1550 g/mol. The first-order chi connectivity index (χ1) is 53.1. The van der Waals surface area contributed by atoms with E-state index in [2.05, 4.69) is 21.0 Å². The predicted molar refractivity (Wildman–Crippen MR) is 423 cm³/mol. The number of hydrogen-bond donors (Lipinski definition) is 7. The first kappa shape index (κ1) is 89.4. The van der Waals surface area contributed by atoms with Crippen LogP contribution in [0.1, 0.15) is 170 Å². The van der Waals surface area contributed by atoms with Crippen molar-refractivity contribution < 1.29 is 87.2 Å². The molecule has 0 spiro atoms. The lowest BCUT2D eigenvalue weighted by Crippen LogP contribution is -2.64. The van der Waals surface area contributed by atoms with Gasteiger partial charge in [-0.3, -0.25) is 39.2 Å². The van der Waals surface area contributed by atoms with E-state index >= 15 is 9.59 Å². The molecule has 4 aliphatic rings. The number of allylic oxidation sites excluding steroid dienone is 5. The summed E-state index contributed by atoms with van der Waals surface area (Å²) in [5, 5.41) is 55.6.